The van der Waals surface area contributed by atoms with E-state index in [1.165, 1.54) is 0 Å². The van der Waals surface area contributed by atoms with Gasteiger partial charge in [0.25, 0.3) is 0 Å². The highest BCUT2D eigenvalue weighted by molar-refractivity contribution is 5.63. The molecule has 0 aromatic carbocycles. The van der Waals surface area contributed by atoms with Crippen LogP contribution in [0.3, 0.4) is 0 Å². The van der Waals surface area contributed by atoms with Gasteiger partial charge in [0.05, 0.1) is 16.9 Å². The van der Waals surface area contributed by atoms with Crippen LogP contribution in [0.15, 0.2) is 6.07 Å². The fourth-order valence-corrected chi connectivity index (χ4v) is 3.13. The van der Waals surface area contributed by atoms with E-state index in [0.29, 0.717) is 6.04 Å². The predicted molar refractivity (Wildman–Crippen MR) is 78.9 cm³/mol. The van der Waals surface area contributed by atoms with Crippen LogP contribution in [0.25, 0.3) is 0 Å². The van der Waals surface area contributed by atoms with Crippen molar-refractivity contribution in [3.8, 4) is 6.07 Å². The van der Waals surface area contributed by atoms with Crippen molar-refractivity contribution in [2.24, 2.45) is 0 Å². The van der Waals surface area contributed by atoms with Crippen molar-refractivity contribution in [1.29, 1.82) is 5.26 Å². The minimum Gasteiger partial charge on any atom is -0.367 e. The quantitative estimate of drug-likeness (QED) is 0.856. The number of anilines is 1. The van der Waals surface area contributed by atoms with Crippen LogP contribution in [0.1, 0.15) is 17.0 Å². The van der Waals surface area contributed by atoms with Gasteiger partial charge in [-0.2, -0.15) is 5.26 Å². The van der Waals surface area contributed by atoms with Crippen molar-refractivity contribution in [1.82, 2.24) is 15.2 Å². The molecule has 0 saturated carbocycles. The Balaban J connectivity index is 1.72. The van der Waals surface area contributed by atoms with E-state index in [-0.39, 0.29) is 0 Å². The van der Waals surface area contributed by atoms with Crippen LogP contribution in [0.4, 0.5) is 5.69 Å². The Bertz CT molecular complexity index is 536. The summed E-state index contributed by atoms with van der Waals surface area (Å²) in [5.74, 6) is 0. The second-order valence-electron chi connectivity index (χ2n) is 5.70. The maximum absolute atomic E-state index is 9.34. The average Bonchev–Trinajstić information content (AvgIpc) is 2.38. The maximum atomic E-state index is 9.34. The highest BCUT2D eigenvalue weighted by Gasteiger charge is 2.33. The molecule has 0 unspecified atom stereocenters. The first-order chi connectivity index (χ1) is 9.69. The Labute approximate surface area is 120 Å². The summed E-state index contributed by atoms with van der Waals surface area (Å²) in [7, 11) is 0. The molecule has 5 heteroatoms. The van der Waals surface area contributed by atoms with Gasteiger partial charge in [0.15, 0.2) is 0 Å². The number of nitriles is 1. The number of rotatable bonds is 2. The predicted octanol–water partition coefficient (Wildman–Crippen LogP) is 0.664. The largest absolute Gasteiger partial charge is 0.367 e. The molecule has 0 amide bonds. The molecule has 2 fully saturated rings. The summed E-state index contributed by atoms with van der Waals surface area (Å²) in [5, 5.41) is 12.7. The van der Waals surface area contributed by atoms with Gasteiger partial charge in [0.1, 0.15) is 6.07 Å². The lowest BCUT2D eigenvalue weighted by Crippen LogP contribution is -2.63. The van der Waals surface area contributed by atoms with E-state index in [1.54, 1.807) is 0 Å². The zero-order valence-electron chi connectivity index (χ0n) is 12.2. The van der Waals surface area contributed by atoms with Crippen LogP contribution in [-0.4, -0.2) is 55.2 Å². The molecule has 1 N–H and O–H groups in total. The Kier molecular flexibility index (Phi) is 3.60. The normalized spacial score (nSPS) is 20.6. The summed E-state index contributed by atoms with van der Waals surface area (Å²) in [4.78, 5) is 9.25. The third-order valence-corrected chi connectivity index (χ3v) is 4.29. The summed E-state index contributed by atoms with van der Waals surface area (Å²) < 4.78 is 0. The lowest BCUT2D eigenvalue weighted by Gasteiger charge is -2.48. The van der Waals surface area contributed by atoms with Crippen LogP contribution < -0.4 is 10.2 Å². The lowest BCUT2D eigenvalue weighted by molar-refractivity contribution is 0.147. The molecule has 1 aromatic heterocycles. The molecule has 1 aromatic rings. The van der Waals surface area contributed by atoms with Crippen molar-refractivity contribution < 1.29 is 0 Å². The standard InChI is InChI=1S/C15H21N5/c1-11-7-15(14(8-16)12(2)18-11)20-9-13(10-20)19-5-3-17-4-6-19/h7,13,17H,3-6,9-10H2,1-2H3. The molecule has 5 nitrogen and oxygen atoms in total. The molecule has 0 aliphatic carbocycles. The number of nitrogens with zero attached hydrogens (tertiary/aromatic N) is 4. The third-order valence-electron chi connectivity index (χ3n) is 4.29. The number of pyridine rings is 1. The summed E-state index contributed by atoms with van der Waals surface area (Å²) >= 11 is 0. The molecule has 3 heterocycles. The van der Waals surface area contributed by atoms with E-state index >= 15 is 0 Å². The highest BCUT2D eigenvalue weighted by atomic mass is 15.3. The molecular weight excluding hydrogens is 250 g/mol. The van der Waals surface area contributed by atoms with E-state index in [9.17, 15) is 5.26 Å². The molecule has 0 radical (unpaired) electrons. The van der Waals surface area contributed by atoms with Gasteiger partial charge in [-0.25, -0.2) is 0 Å². The molecular formula is C15H21N5. The van der Waals surface area contributed by atoms with Crippen LogP contribution in [0, 0.1) is 25.2 Å². The first-order valence-electron chi connectivity index (χ1n) is 7.27. The minimum atomic E-state index is 0.637. The zero-order chi connectivity index (χ0) is 14.1. The van der Waals surface area contributed by atoms with Crippen molar-refractivity contribution >= 4 is 5.69 Å². The number of hydrogen-bond acceptors (Lipinski definition) is 5. The Morgan fingerprint density at radius 1 is 1.30 bits per heavy atom. The van der Waals surface area contributed by atoms with E-state index in [0.717, 1.165) is 61.9 Å². The molecule has 0 spiro atoms. The molecule has 0 bridgehead atoms. The van der Waals surface area contributed by atoms with E-state index in [4.69, 9.17) is 0 Å². The highest BCUT2D eigenvalue weighted by Crippen LogP contribution is 2.29. The second-order valence-corrected chi connectivity index (χ2v) is 5.70. The Hall–Kier alpha value is -1.64. The zero-order valence-corrected chi connectivity index (χ0v) is 12.2. The fourth-order valence-electron chi connectivity index (χ4n) is 3.13. The van der Waals surface area contributed by atoms with Gasteiger partial charge in [-0.05, 0) is 19.9 Å². The molecule has 2 saturated heterocycles. The van der Waals surface area contributed by atoms with Gasteiger partial charge in [-0.3, -0.25) is 9.88 Å². The Morgan fingerprint density at radius 2 is 2.00 bits per heavy atom. The van der Waals surface area contributed by atoms with E-state index in [2.05, 4.69) is 26.2 Å². The van der Waals surface area contributed by atoms with Gasteiger partial charge in [0, 0.05) is 51.0 Å². The molecule has 106 valence electrons. The van der Waals surface area contributed by atoms with Crippen LogP contribution in [-0.2, 0) is 0 Å². The number of piperazine rings is 1. The smallest absolute Gasteiger partial charge is 0.103 e. The average molecular weight is 271 g/mol. The number of nitrogens with one attached hydrogen (secondary N) is 1. The molecule has 2 aliphatic heterocycles. The lowest BCUT2D eigenvalue weighted by atomic mass is 10.0. The van der Waals surface area contributed by atoms with Gasteiger partial charge in [-0.15, -0.1) is 0 Å². The number of aromatic nitrogens is 1. The molecule has 2 aliphatic rings. The van der Waals surface area contributed by atoms with Crippen LogP contribution >= 0.6 is 0 Å². The summed E-state index contributed by atoms with van der Waals surface area (Å²) in [5.41, 5.74) is 3.62. The summed E-state index contributed by atoms with van der Waals surface area (Å²) in [6.07, 6.45) is 0. The van der Waals surface area contributed by atoms with Crippen molar-refractivity contribution in [2.45, 2.75) is 19.9 Å². The van der Waals surface area contributed by atoms with Crippen LogP contribution in [0.2, 0.25) is 0 Å². The maximum Gasteiger partial charge on any atom is 0.103 e. The Morgan fingerprint density at radius 3 is 2.65 bits per heavy atom. The number of aryl methyl sites for hydroxylation is 2. The summed E-state index contributed by atoms with van der Waals surface area (Å²) in [6, 6.07) is 4.98. The van der Waals surface area contributed by atoms with Crippen molar-refractivity contribution in [2.75, 3.05) is 44.2 Å². The first kappa shape index (κ1) is 13.3. The summed E-state index contributed by atoms with van der Waals surface area (Å²) in [6.45, 7) is 10.4. The van der Waals surface area contributed by atoms with Gasteiger partial charge in [0.2, 0.25) is 0 Å². The minimum absolute atomic E-state index is 0.637. The monoisotopic (exact) mass is 271 g/mol. The number of hydrogen-bond donors (Lipinski definition) is 1. The molecule has 3 rings (SSSR count). The SMILES string of the molecule is Cc1cc(N2CC(N3CCNCC3)C2)c(C#N)c(C)n1. The fraction of sp³-hybridized carbons (Fsp3) is 0.600. The second kappa shape index (κ2) is 5.39. The van der Waals surface area contributed by atoms with Gasteiger partial charge >= 0.3 is 0 Å². The topological polar surface area (TPSA) is 55.2 Å². The van der Waals surface area contributed by atoms with Crippen LogP contribution in [0.5, 0.6) is 0 Å². The molecule has 20 heavy (non-hydrogen) atoms. The van der Waals surface area contributed by atoms with Gasteiger partial charge < -0.3 is 10.2 Å². The van der Waals surface area contributed by atoms with Crippen molar-refractivity contribution in [3.63, 3.8) is 0 Å². The van der Waals surface area contributed by atoms with E-state index in [1.807, 2.05) is 19.9 Å². The molecule has 0 atom stereocenters. The first-order valence-corrected chi connectivity index (χ1v) is 7.27. The third kappa shape index (κ3) is 2.37. The van der Waals surface area contributed by atoms with E-state index < -0.39 is 0 Å². The van der Waals surface area contributed by atoms with Crippen molar-refractivity contribution in [3.05, 3.63) is 23.0 Å². The van der Waals surface area contributed by atoms with Gasteiger partial charge in [-0.1, -0.05) is 0 Å².